The van der Waals surface area contributed by atoms with Crippen molar-refractivity contribution in [1.82, 2.24) is 5.32 Å². The van der Waals surface area contributed by atoms with Crippen LogP contribution in [0.1, 0.15) is 19.8 Å². The highest BCUT2D eigenvalue weighted by atomic mass is 16.4. The van der Waals surface area contributed by atoms with E-state index in [0.717, 1.165) is 0 Å². The second kappa shape index (κ2) is 3.87. The van der Waals surface area contributed by atoms with E-state index in [1.807, 2.05) is 6.92 Å². The van der Waals surface area contributed by atoms with Crippen LogP contribution >= 0.6 is 0 Å². The molecule has 1 fully saturated rings. The number of carboxylic acids is 1. The summed E-state index contributed by atoms with van der Waals surface area (Å²) in [6.07, 6.45) is 0.880. The van der Waals surface area contributed by atoms with Crippen molar-refractivity contribution < 1.29 is 15.0 Å². The Morgan fingerprint density at radius 1 is 1.75 bits per heavy atom. The normalized spacial score (nSPS) is 31.8. The number of hydrogen-bond acceptors (Lipinski definition) is 3. The van der Waals surface area contributed by atoms with Gasteiger partial charge in [0.15, 0.2) is 0 Å². The zero-order chi connectivity index (χ0) is 9.14. The van der Waals surface area contributed by atoms with Crippen molar-refractivity contribution in [3.63, 3.8) is 0 Å². The van der Waals surface area contributed by atoms with Crippen LogP contribution in [-0.2, 0) is 4.79 Å². The number of aliphatic carboxylic acids is 1. The summed E-state index contributed by atoms with van der Waals surface area (Å²) >= 11 is 0. The van der Waals surface area contributed by atoms with Gasteiger partial charge in [-0.3, -0.25) is 4.79 Å². The lowest BCUT2D eigenvalue weighted by Crippen LogP contribution is -2.30. The van der Waals surface area contributed by atoms with Crippen LogP contribution < -0.4 is 5.32 Å². The first kappa shape index (κ1) is 9.48. The van der Waals surface area contributed by atoms with E-state index in [9.17, 15) is 9.90 Å². The molecule has 4 heteroatoms. The molecule has 12 heavy (non-hydrogen) atoms. The predicted molar refractivity (Wildman–Crippen MR) is 43.8 cm³/mol. The quantitative estimate of drug-likeness (QED) is 0.553. The summed E-state index contributed by atoms with van der Waals surface area (Å²) in [6.45, 7) is 2.52. The van der Waals surface area contributed by atoms with Crippen molar-refractivity contribution in [2.24, 2.45) is 5.92 Å². The third-order valence-corrected chi connectivity index (χ3v) is 2.43. The number of nitrogens with one attached hydrogen (secondary N) is 1. The van der Waals surface area contributed by atoms with Crippen LogP contribution in [0, 0.1) is 5.92 Å². The Hall–Kier alpha value is -0.610. The van der Waals surface area contributed by atoms with Crippen molar-refractivity contribution in [3.8, 4) is 0 Å². The summed E-state index contributed by atoms with van der Waals surface area (Å²) in [6, 6.07) is -0.462. The maximum Gasteiger partial charge on any atom is 0.320 e. The Kier molecular flexibility index (Phi) is 3.05. The molecular weight excluding hydrogens is 158 g/mol. The highest BCUT2D eigenvalue weighted by Crippen LogP contribution is 2.19. The molecular formula is C8H15NO3. The third kappa shape index (κ3) is 1.95. The van der Waals surface area contributed by atoms with E-state index < -0.39 is 12.0 Å². The SMILES string of the molecule is CCC(O)C1CNC(C(=O)O)C1. The summed E-state index contributed by atoms with van der Waals surface area (Å²) in [5, 5.41) is 20.9. The molecule has 3 unspecified atom stereocenters. The number of hydrogen-bond donors (Lipinski definition) is 3. The maximum atomic E-state index is 10.5. The smallest absolute Gasteiger partial charge is 0.320 e. The molecule has 0 bridgehead atoms. The van der Waals surface area contributed by atoms with Crippen molar-refractivity contribution >= 4 is 5.97 Å². The third-order valence-electron chi connectivity index (χ3n) is 2.43. The van der Waals surface area contributed by atoms with E-state index in [2.05, 4.69) is 5.32 Å². The molecule has 4 nitrogen and oxygen atoms in total. The Balaban J connectivity index is 2.40. The first-order valence-electron chi connectivity index (χ1n) is 4.29. The monoisotopic (exact) mass is 173 g/mol. The van der Waals surface area contributed by atoms with Gasteiger partial charge in [-0.2, -0.15) is 0 Å². The van der Waals surface area contributed by atoms with Gasteiger partial charge in [0.2, 0.25) is 0 Å². The van der Waals surface area contributed by atoms with E-state index in [1.165, 1.54) is 0 Å². The molecule has 0 aromatic carbocycles. The standard InChI is InChI=1S/C8H15NO3/c1-2-7(10)5-3-6(8(11)12)9-4-5/h5-7,9-10H,2-4H2,1H3,(H,11,12). The van der Waals surface area contributed by atoms with E-state index in [-0.39, 0.29) is 12.0 Å². The minimum absolute atomic E-state index is 0.107. The van der Waals surface area contributed by atoms with Crippen LogP contribution in [0.2, 0.25) is 0 Å². The molecule has 3 atom stereocenters. The number of rotatable bonds is 3. The first-order valence-corrected chi connectivity index (χ1v) is 4.29. The molecule has 0 aromatic rings. The van der Waals surface area contributed by atoms with E-state index >= 15 is 0 Å². The lowest BCUT2D eigenvalue weighted by molar-refractivity contribution is -0.139. The molecule has 1 heterocycles. The summed E-state index contributed by atoms with van der Waals surface area (Å²) in [7, 11) is 0. The second-order valence-corrected chi connectivity index (χ2v) is 3.27. The van der Waals surface area contributed by atoms with Crippen LogP contribution in [0.15, 0.2) is 0 Å². The van der Waals surface area contributed by atoms with Gasteiger partial charge < -0.3 is 15.5 Å². The van der Waals surface area contributed by atoms with Crippen LogP contribution in [0.3, 0.4) is 0 Å². The molecule has 0 aliphatic carbocycles. The van der Waals surface area contributed by atoms with Crippen LogP contribution in [0.4, 0.5) is 0 Å². The van der Waals surface area contributed by atoms with Gasteiger partial charge in [0.05, 0.1) is 6.10 Å². The van der Waals surface area contributed by atoms with Crippen LogP contribution in [0.5, 0.6) is 0 Å². The van der Waals surface area contributed by atoms with Gasteiger partial charge in [0, 0.05) is 6.54 Å². The van der Waals surface area contributed by atoms with Crippen molar-refractivity contribution in [2.45, 2.75) is 31.9 Å². The fraction of sp³-hybridized carbons (Fsp3) is 0.875. The fourth-order valence-corrected chi connectivity index (χ4v) is 1.58. The van der Waals surface area contributed by atoms with Crippen LogP contribution in [-0.4, -0.2) is 34.9 Å². The minimum atomic E-state index is -0.819. The number of carbonyl (C=O) groups is 1. The molecule has 70 valence electrons. The summed E-state index contributed by atoms with van der Waals surface area (Å²) in [5.74, 6) is -0.711. The van der Waals surface area contributed by atoms with Crippen LogP contribution in [0.25, 0.3) is 0 Å². The zero-order valence-electron chi connectivity index (χ0n) is 7.16. The molecule has 1 aliphatic heterocycles. The summed E-state index contributed by atoms with van der Waals surface area (Å²) in [4.78, 5) is 10.5. The number of aliphatic hydroxyl groups excluding tert-OH is 1. The fourth-order valence-electron chi connectivity index (χ4n) is 1.58. The number of aliphatic hydroxyl groups is 1. The van der Waals surface area contributed by atoms with Crippen molar-refractivity contribution in [2.75, 3.05) is 6.54 Å². The van der Waals surface area contributed by atoms with Gasteiger partial charge in [0.1, 0.15) is 6.04 Å². The first-order chi connectivity index (χ1) is 5.65. The topological polar surface area (TPSA) is 69.6 Å². The lowest BCUT2D eigenvalue weighted by atomic mass is 9.97. The molecule has 0 radical (unpaired) electrons. The molecule has 0 saturated carbocycles. The van der Waals surface area contributed by atoms with Gasteiger partial charge in [-0.15, -0.1) is 0 Å². The Bertz CT molecular complexity index is 172. The van der Waals surface area contributed by atoms with Gasteiger partial charge in [-0.05, 0) is 18.8 Å². The average molecular weight is 173 g/mol. The lowest BCUT2D eigenvalue weighted by Gasteiger charge is -2.14. The summed E-state index contributed by atoms with van der Waals surface area (Å²) in [5.41, 5.74) is 0. The zero-order valence-corrected chi connectivity index (χ0v) is 7.16. The molecule has 1 saturated heterocycles. The van der Waals surface area contributed by atoms with E-state index in [0.29, 0.717) is 19.4 Å². The van der Waals surface area contributed by atoms with Gasteiger partial charge in [0.25, 0.3) is 0 Å². The van der Waals surface area contributed by atoms with Gasteiger partial charge in [-0.1, -0.05) is 6.92 Å². The van der Waals surface area contributed by atoms with E-state index in [1.54, 1.807) is 0 Å². The Labute approximate surface area is 71.6 Å². The average Bonchev–Trinajstić information content (AvgIpc) is 2.51. The highest BCUT2D eigenvalue weighted by molar-refractivity contribution is 5.73. The molecule has 0 aromatic heterocycles. The number of carboxylic acid groups (broad SMARTS) is 1. The maximum absolute atomic E-state index is 10.5. The van der Waals surface area contributed by atoms with Crippen molar-refractivity contribution in [1.29, 1.82) is 0 Å². The summed E-state index contributed by atoms with van der Waals surface area (Å²) < 4.78 is 0. The van der Waals surface area contributed by atoms with E-state index in [4.69, 9.17) is 5.11 Å². The molecule has 0 spiro atoms. The second-order valence-electron chi connectivity index (χ2n) is 3.27. The molecule has 1 rings (SSSR count). The molecule has 0 amide bonds. The Morgan fingerprint density at radius 2 is 2.42 bits per heavy atom. The molecule has 3 N–H and O–H groups in total. The van der Waals surface area contributed by atoms with Gasteiger partial charge >= 0.3 is 5.97 Å². The minimum Gasteiger partial charge on any atom is -0.480 e. The Morgan fingerprint density at radius 3 is 2.83 bits per heavy atom. The highest BCUT2D eigenvalue weighted by Gasteiger charge is 2.32. The van der Waals surface area contributed by atoms with Gasteiger partial charge in [-0.25, -0.2) is 0 Å². The largest absolute Gasteiger partial charge is 0.480 e. The molecule has 1 aliphatic rings. The van der Waals surface area contributed by atoms with Crippen molar-refractivity contribution in [3.05, 3.63) is 0 Å². The predicted octanol–water partition coefficient (Wildman–Crippen LogP) is -0.180.